The summed E-state index contributed by atoms with van der Waals surface area (Å²) in [5, 5.41) is 0. The first-order chi connectivity index (χ1) is 11.8. The molecule has 2 atom stereocenters. The molecule has 2 unspecified atom stereocenters. The van der Waals surface area contributed by atoms with Gasteiger partial charge in [-0.25, -0.2) is 0 Å². The van der Waals surface area contributed by atoms with E-state index in [4.69, 9.17) is 9.47 Å². The molecule has 5 heteroatoms. The molecule has 2 saturated heterocycles. The molecule has 0 bridgehead atoms. The number of likely N-dealkylation sites (tertiary alicyclic amines) is 1. The summed E-state index contributed by atoms with van der Waals surface area (Å²) in [5.41, 5.74) is 0.714. The molecule has 0 saturated carbocycles. The van der Waals surface area contributed by atoms with E-state index < -0.39 is 6.10 Å². The van der Waals surface area contributed by atoms with E-state index in [-0.39, 0.29) is 17.7 Å². The lowest BCUT2D eigenvalue weighted by Crippen LogP contribution is -2.49. The molecule has 130 valence electrons. The van der Waals surface area contributed by atoms with E-state index in [1.165, 1.54) is 0 Å². The molecular formula is C19H25NO4. The van der Waals surface area contributed by atoms with Gasteiger partial charge >= 0.3 is 0 Å². The predicted octanol–water partition coefficient (Wildman–Crippen LogP) is 2.45. The summed E-state index contributed by atoms with van der Waals surface area (Å²) in [7, 11) is 0. The topological polar surface area (TPSA) is 55.8 Å². The first-order valence-corrected chi connectivity index (χ1v) is 8.84. The van der Waals surface area contributed by atoms with Crippen molar-refractivity contribution in [3.8, 4) is 0 Å². The van der Waals surface area contributed by atoms with Gasteiger partial charge in [0.2, 0.25) is 0 Å². The number of benzene rings is 1. The van der Waals surface area contributed by atoms with Crippen molar-refractivity contribution in [2.45, 2.75) is 44.2 Å². The summed E-state index contributed by atoms with van der Waals surface area (Å²) in [5.74, 6) is 0.0728. The quantitative estimate of drug-likeness (QED) is 0.795. The first-order valence-electron chi connectivity index (χ1n) is 8.84. The van der Waals surface area contributed by atoms with Crippen molar-refractivity contribution in [1.29, 1.82) is 0 Å². The van der Waals surface area contributed by atoms with Crippen LogP contribution in [0.15, 0.2) is 30.3 Å². The Hall–Kier alpha value is -1.72. The summed E-state index contributed by atoms with van der Waals surface area (Å²) < 4.78 is 10.9. The van der Waals surface area contributed by atoms with Gasteiger partial charge in [-0.2, -0.15) is 0 Å². The monoisotopic (exact) mass is 331 g/mol. The molecule has 1 amide bonds. The van der Waals surface area contributed by atoms with E-state index in [1.807, 2.05) is 35.2 Å². The van der Waals surface area contributed by atoms with Crippen LogP contribution in [0.25, 0.3) is 0 Å². The standard InChI is InChI=1S/C19H25NO4/c21-17(15-7-3-1-4-8-15)13-16-9-5-2-6-10-20(16)19(22)18-14-23-11-12-24-18/h1,3-4,7-8,16,18H,2,5-6,9-14H2. The molecular weight excluding hydrogens is 306 g/mol. The lowest BCUT2D eigenvalue weighted by Gasteiger charge is -2.34. The van der Waals surface area contributed by atoms with E-state index in [0.717, 1.165) is 25.7 Å². The fraction of sp³-hybridized carbons (Fsp3) is 0.579. The average molecular weight is 331 g/mol. The van der Waals surface area contributed by atoms with Crippen molar-refractivity contribution in [2.24, 2.45) is 0 Å². The van der Waals surface area contributed by atoms with Crippen molar-refractivity contribution in [1.82, 2.24) is 4.90 Å². The molecule has 2 fully saturated rings. The first kappa shape index (κ1) is 17.1. The molecule has 0 aliphatic carbocycles. The number of Topliss-reactive ketones (excluding diaryl/α,β-unsaturated/α-hetero) is 1. The van der Waals surface area contributed by atoms with Crippen LogP contribution in [-0.4, -0.2) is 55.1 Å². The third-order valence-corrected chi connectivity index (χ3v) is 4.77. The van der Waals surface area contributed by atoms with Gasteiger partial charge in [0, 0.05) is 24.6 Å². The zero-order chi connectivity index (χ0) is 16.8. The van der Waals surface area contributed by atoms with E-state index in [0.29, 0.717) is 38.3 Å². The van der Waals surface area contributed by atoms with Crippen LogP contribution in [0.3, 0.4) is 0 Å². The highest BCUT2D eigenvalue weighted by molar-refractivity contribution is 5.96. The fourth-order valence-electron chi connectivity index (χ4n) is 3.45. The van der Waals surface area contributed by atoms with Crippen LogP contribution in [0.2, 0.25) is 0 Å². The smallest absolute Gasteiger partial charge is 0.254 e. The number of amides is 1. The highest BCUT2D eigenvalue weighted by Crippen LogP contribution is 2.23. The van der Waals surface area contributed by atoms with Crippen LogP contribution in [0.4, 0.5) is 0 Å². The van der Waals surface area contributed by atoms with Gasteiger partial charge in [0.15, 0.2) is 11.9 Å². The molecule has 0 N–H and O–H groups in total. The maximum atomic E-state index is 12.8. The maximum absolute atomic E-state index is 12.8. The van der Waals surface area contributed by atoms with Crippen LogP contribution >= 0.6 is 0 Å². The number of nitrogens with zero attached hydrogens (tertiary/aromatic N) is 1. The van der Waals surface area contributed by atoms with Crippen molar-refractivity contribution >= 4 is 11.7 Å². The highest BCUT2D eigenvalue weighted by atomic mass is 16.6. The lowest BCUT2D eigenvalue weighted by molar-refractivity contribution is -0.160. The molecule has 3 rings (SSSR count). The number of ketones is 1. The Bertz CT molecular complexity index is 554. The third kappa shape index (κ3) is 4.22. The van der Waals surface area contributed by atoms with E-state index >= 15 is 0 Å². The lowest BCUT2D eigenvalue weighted by atomic mass is 9.99. The van der Waals surface area contributed by atoms with Crippen LogP contribution in [0.1, 0.15) is 42.5 Å². The molecule has 0 radical (unpaired) electrons. The molecule has 1 aromatic rings. The molecule has 2 aliphatic rings. The minimum atomic E-state index is -0.522. The molecule has 1 aromatic carbocycles. The van der Waals surface area contributed by atoms with E-state index in [1.54, 1.807) is 0 Å². The predicted molar refractivity (Wildman–Crippen MR) is 89.9 cm³/mol. The van der Waals surface area contributed by atoms with Gasteiger partial charge in [-0.1, -0.05) is 43.2 Å². The Morgan fingerprint density at radius 1 is 1.08 bits per heavy atom. The largest absolute Gasteiger partial charge is 0.376 e. The molecule has 24 heavy (non-hydrogen) atoms. The Morgan fingerprint density at radius 2 is 1.92 bits per heavy atom. The summed E-state index contributed by atoms with van der Waals surface area (Å²) in [6.45, 7) is 2.01. The second-order valence-electron chi connectivity index (χ2n) is 6.46. The van der Waals surface area contributed by atoms with Crippen molar-refractivity contribution in [3.05, 3.63) is 35.9 Å². The normalized spacial score (nSPS) is 25.1. The minimum absolute atomic E-state index is 0.0255. The van der Waals surface area contributed by atoms with Gasteiger partial charge in [-0.3, -0.25) is 9.59 Å². The van der Waals surface area contributed by atoms with Crippen LogP contribution in [0, 0.1) is 0 Å². The van der Waals surface area contributed by atoms with Gasteiger partial charge < -0.3 is 14.4 Å². The second kappa shape index (κ2) is 8.40. The zero-order valence-corrected chi connectivity index (χ0v) is 14.0. The van der Waals surface area contributed by atoms with Crippen LogP contribution < -0.4 is 0 Å². The minimum Gasteiger partial charge on any atom is -0.376 e. The van der Waals surface area contributed by atoms with Gasteiger partial charge in [-0.05, 0) is 12.8 Å². The fourth-order valence-corrected chi connectivity index (χ4v) is 3.45. The zero-order valence-electron chi connectivity index (χ0n) is 14.0. The number of ether oxygens (including phenoxy) is 2. The number of carbonyl (C=O) groups excluding carboxylic acids is 2. The summed E-state index contributed by atoms with van der Waals surface area (Å²) in [6, 6.07) is 9.27. The SMILES string of the molecule is O=C(CC1CCCCCN1C(=O)C1COCCO1)c1ccccc1. The van der Waals surface area contributed by atoms with E-state index in [2.05, 4.69) is 0 Å². The molecule has 0 aromatic heterocycles. The van der Waals surface area contributed by atoms with Crippen molar-refractivity contribution in [3.63, 3.8) is 0 Å². The molecule has 0 spiro atoms. The number of hydrogen-bond donors (Lipinski definition) is 0. The molecule has 5 nitrogen and oxygen atoms in total. The maximum Gasteiger partial charge on any atom is 0.254 e. The van der Waals surface area contributed by atoms with Gasteiger partial charge in [0.05, 0.1) is 19.8 Å². The summed E-state index contributed by atoms with van der Waals surface area (Å²) in [6.07, 6.45) is 3.86. The summed E-state index contributed by atoms with van der Waals surface area (Å²) >= 11 is 0. The Morgan fingerprint density at radius 3 is 2.67 bits per heavy atom. The van der Waals surface area contributed by atoms with Crippen molar-refractivity contribution < 1.29 is 19.1 Å². The number of rotatable bonds is 4. The van der Waals surface area contributed by atoms with Crippen LogP contribution in [0.5, 0.6) is 0 Å². The average Bonchev–Trinajstić information content (AvgIpc) is 2.88. The van der Waals surface area contributed by atoms with Gasteiger partial charge in [-0.15, -0.1) is 0 Å². The Labute approximate surface area is 142 Å². The summed E-state index contributed by atoms with van der Waals surface area (Å²) in [4.78, 5) is 27.3. The van der Waals surface area contributed by atoms with Gasteiger partial charge in [0.1, 0.15) is 0 Å². The Kier molecular flexibility index (Phi) is 5.99. The second-order valence-corrected chi connectivity index (χ2v) is 6.46. The molecule has 2 aliphatic heterocycles. The van der Waals surface area contributed by atoms with Crippen LogP contribution in [-0.2, 0) is 14.3 Å². The van der Waals surface area contributed by atoms with E-state index in [9.17, 15) is 9.59 Å². The Balaban J connectivity index is 1.70. The molecule has 2 heterocycles. The number of carbonyl (C=O) groups is 2. The number of hydrogen-bond acceptors (Lipinski definition) is 4. The van der Waals surface area contributed by atoms with Gasteiger partial charge in [0.25, 0.3) is 5.91 Å². The highest BCUT2D eigenvalue weighted by Gasteiger charge is 2.33. The third-order valence-electron chi connectivity index (χ3n) is 4.77. The van der Waals surface area contributed by atoms with Crippen molar-refractivity contribution in [2.75, 3.05) is 26.4 Å².